The fourth-order valence-corrected chi connectivity index (χ4v) is 2.03. The van der Waals surface area contributed by atoms with E-state index in [1.807, 2.05) is 0 Å². The Kier molecular flexibility index (Phi) is 2.14. The molecule has 0 bridgehead atoms. The van der Waals surface area contributed by atoms with Crippen LogP contribution in [0.15, 0.2) is 0 Å². The third-order valence-electron chi connectivity index (χ3n) is 3.09. The largest absolute Gasteiger partial charge is 0.377 e. The molecule has 1 heterocycles. The molecule has 2 fully saturated rings. The molecule has 64 valence electrons. The highest BCUT2D eigenvalue weighted by Crippen LogP contribution is 2.32. The highest BCUT2D eigenvalue weighted by Gasteiger charge is 2.32. The smallest absolute Gasteiger partial charge is 0.0729 e. The van der Waals surface area contributed by atoms with Crippen molar-refractivity contribution in [3.63, 3.8) is 0 Å². The van der Waals surface area contributed by atoms with Crippen LogP contribution < -0.4 is 5.73 Å². The maximum absolute atomic E-state index is 6.06. The zero-order valence-electron chi connectivity index (χ0n) is 6.96. The first-order valence-corrected chi connectivity index (χ1v) is 4.75. The lowest BCUT2D eigenvalue weighted by atomic mass is 9.78. The molecule has 1 aliphatic carbocycles. The third kappa shape index (κ3) is 1.42. The zero-order chi connectivity index (χ0) is 7.68. The van der Waals surface area contributed by atoms with E-state index in [0.717, 1.165) is 12.5 Å². The molecule has 2 rings (SSSR count). The fraction of sp³-hybridized carbons (Fsp3) is 1.00. The van der Waals surface area contributed by atoms with Gasteiger partial charge in [-0.3, -0.25) is 0 Å². The van der Waals surface area contributed by atoms with Crippen LogP contribution >= 0.6 is 0 Å². The lowest BCUT2D eigenvalue weighted by Gasteiger charge is -2.34. The van der Waals surface area contributed by atoms with Gasteiger partial charge in [-0.25, -0.2) is 0 Å². The first-order valence-electron chi connectivity index (χ1n) is 4.75. The van der Waals surface area contributed by atoms with E-state index in [2.05, 4.69) is 0 Å². The quantitative estimate of drug-likeness (QED) is 0.652. The Morgan fingerprint density at radius 3 is 2.45 bits per heavy atom. The Balaban J connectivity index is 1.82. The first-order chi connectivity index (χ1) is 5.38. The van der Waals surface area contributed by atoms with Gasteiger partial charge >= 0.3 is 0 Å². The number of hydrogen-bond donors (Lipinski definition) is 1. The van der Waals surface area contributed by atoms with Gasteiger partial charge in [-0.1, -0.05) is 6.42 Å². The Bertz CT molecular complexity index is 128. The number of nitrogens with two attached hydrogens (primary N) is 1. The Morgan fingerprint density at radius 1 is 1.18 bits per heavy atom. The van der Waals surface area contributed by atoms with Crippen LogP contribution in [0.4, 0.5) is 0 Å². The van der Waals surface area contributed by atoms with Gasteiger partial charge in [0.05, 0.1) is 6.10 Å². The Labute approximate surface area is 68.1 Å². The Hall–Kier alpha value is -0.0800. The van der Waals surface area contributed by atoms with E-state index < -0.39 is 0 Å². The summed E-state index contributed by atoms with van der Waals surface area (Å²) in [5.74, 6) is 0.776. The molecule has 1 saturated carbocycles. The van der Waals surface area contributed by atoms with E-state index in [1.54, 1.807) is 0 Å². The van der Waals surface area contributed by atoms with Crippen molar-refractivity contribution < 1.29 is 4.74 Å². The van der Waals surface area contributed by atoms with Crippen LogP contribution in [0.5, 0.6) is 0 Å². The molecule has 2 heteroatoms. The molecule has 0 amide bonds. The summed E-state index contributed by atoms with van der Waals surface area (Å²) >= 11 is 0. The van der Waals surface area contributed by atoms with E-state index >= 15 is 0 Å². The van der Waals surface area contributed by atoms with Gasteiger partial charge in [-0.05, 0) is 31.6 Å². The molecular formula is C9H17NO. The van der Waals surface area contributed by atoms with Crippen molar-refractivity contribution in [1.29, 1.82) is 0 Å². The molecular weight excluding hydrogens is 138 g/mol. The molecule has 1 saturated heterocycles. The highest BCUT2D eigenvalue weighted by molar-refractivity contribution is 4.87. The van der Waals surface area contributed by atoms with Gasteiger partial charge in [0.15, 0.2) is 0 Å². The molecule has 11 heavy (non-hydrogen) atoms. The van der Waals surface area contributed by atoms with Crippen LogP contribution in [0.25, 0.3) is 0 Å². The molecule has 0 aromatic carbocycles. The minimum absolute atomic E-state index is 0.339. The van der Waals surface area contributed by atoms with Crippen molar-refractivity contribution in [3.8, 4) is 0 Å². The lowest BCUT2D eigenvalue weighted by Crippen LogP contribution is -2.43. The Morgan fingerprint density at radius 2 is 2.00 bits per heavy atom. The van der Waals surface area contributed by atoms with Crippen molar-refractivity contribution in [2.45, 2.75) is 44.2 Å². The molecule has 0 aromatic heterocycles. The zero-order valence-corrected chi connectivity index (χ0v) is 6.96. The van der Waals surface area contributed by atoms with Crippen molar-refractivity contribution in [1.82, 2.24) is 0 Å². The standard InChI is InChI=1S/C9H17NO/c10-9(7-3-1-4-7)8-5-2-6-11-8/h7-9H,1-6,10H2/t8-,9-/m0/s1. The average molecular weight is 155 g/mol. The van der Waals surface area contributed by atoms with Crippen LogP contribution in [0.1, 0.15) is 32.1 Å². The number of hydrogen-bond acceptors (Lipinski definition) is 2. The van der Waals surface area contributed by atoms with Crippen LogP contribution in [0.2, 0.25) is 0 Å². The van der Waals surface area contributed by atoms with Crippen molar-refractivity contribution in [2.75, 3.05) is 6.61 Å². The predicted molar refractivity (Wildman–Crippen MR) is 44.3 cm³/mol. The van der Waals surface area contributed by atoms with Gasteiger partial charge in [0.1, 0.15) is 0 Å². The minimum atomic E-state index is 0.339. The molecule has 2 aliphatic rings. The van der Waals surface area contributed by atoms with Crippen molar-refractivity contribution in [2.24, 2.45) is 11.7 Å². The van der Waals surface area contributed by atoms with Crippen molar-refractivity contribution >= 4 is 0 Å². The molecule has 0 radical (unpaired) electrons. The monoisotopic (exact) mass is 155 g/mol. The highest BCUT2D eigenvalue weighted by atomic mass is 16.5. The maximum Gasteiger partial charge on any atom is 0.0729 e. The van der Waals surface area contributed by atoms with Gasteiger partial charge in [-0.15, -0.1) is 0 Å². The summed E-state index contributed by atoms with van der Waals surface area (Å²) in [5, 5.41) is 0. The van der Waals surface area contributed by atoms with Crippen molar-refractivity contribution in [3.05, 3.63) is 0 Å². The maximum atomic E-state index is 6.06. The third-order valence-corrected chi connectivity index (χ3v) is 3.09. The van der Waals surface area contributed by atoms with E-state index in [4.69, 9.17) is 10.5 Å². The molecule has 2 N–H and O–H groups in total. The van der Waals surface area contributed by atoms with Gasteiger partial charge in [0.2, 0.25) is 0 Å². The van der Waals surface area contributed by atoms with Crippen LogP contribution in [-0.4, -0.2) is 18.8 Å². The SMILES string of the molecule is N[C@@H](C1CCC1)[C@@H]1CCCO1. The fourth-order valence-electron chi connectivity index (χ4n) is 2.03. The summed E-state index contributed by atoms with van der Waals surface area (Å²) in [5.41, 5.74) is 6.06. The molecule has 0 spiro atoms. The second-order valence-electron chi connectivity index (χ2n) is 3.82. The molecule has 1 aliphatic heterocycles. The van der Waals surface area contributed by atoms with E-state index in [0.29, 0.717) is 12.1 Å². The number of ether oxygens (including phenoxy) is 1. The van der Waals surface area contributed by atoms with E-state index in [1.165, 1.54) is 32.1 Å². The second-order valence-corrected chi connectivity index (χ2v) is 3.82. The summed E-state index contributed by atoms with van der Waals surface area (Å²) in [7, 11) is 0. The normalized spacial score (nSPS) is 35.2. The lowest BCUT2D eigenvalue weighted by molar-refractivity contribution is 0.0553. The summed E-state index contributed by atoms with van der Waals surface area (Å²) in [6.07, 6.45) is 6.84. The van der Waals surface area contributed by atoms with Crippen LogP contribution in [0, 0.1) is 5.92 Å². The van der Waals surface area contributed by atoms with Crippen LogP contribution in [-0.2, 0) is 4.74 Å². The number of rotatable bonds is 2. The molecule has 2 nitrogen and oxygen atoms in total. The summed E-state index contributed by atoms with van der Waals surface area (Å²) < 4.78 is 5.55. The second kappa shape index (κ2) is 3.11. The van der Waals surface area contributed by atoms with Gasteiger partial charge in [0.25, 0.3) is 0 Å². The molecule has 0 unspecified atom stereocenters. The summed E-state index contributed by atoms with van der Waals surface area (Å²) in [4.78, 5) is 0. The predicted octanol–water partition coefficient (Wildman–Crippen LogP) is 1.29. The van der Waals surface area contributed by atoms with E-state index in [9.17, 15) is 0 Å². The van der Waals surface area contributed by atoms with Gasteiger partial charge < -0.3 is 10.5 Å². The minimum Gasteiger partial charge on any atom is -0.377 e. The average Bonchev–Trinajstić information content (AvgIpc) is 2.32. The summed E-state index contributed by atoms with van der Waals surface area (Å²) in [6, 6.07) is 0.339. The molecule has 0 aromatic rings. The van der Waals surface area contributed by atoms with Gasteiger partial charge in [-0.2, -0.15) is 0 Å². The topological polar surface area (TPSA) is 35.2 Å². The van der Waals surface area contributed by atoms with Crippen LogP contribution in [0.3, 0.4) is 0 Å². The first kappa shape index (κ1) is 7.56. The molecule has 2 atom stereocenters. The van der Waals surface area contributed by atoms with Gasteiger partial charge in [0, 0.05) is 12.6 Å². The summed E-state index contributed by atoms with van der Waals surface area (Å²) in [6.45, 7) is 0.936. The van der Waals surface area contributed by atoms with E-state index in [-0.39, 0.29) is 0 Å².